The van der Waals surface area contributed by atoms with Gasteiger partial charge in [0.1, 0.15) is 12.4 Å². The third-order valence-corrected chi connectivity index (χ3v) is 7.73. The molecular formula is C23H23Br2N3O4. The van der Waals surface area contributed by atoms with Crippen molar-refractivity contribution in [2.75, 3.05) is 0 Å². The standard InChI is InChI=1S/C23H23Br2N3O4/c1-23-9-3-2-4-17(23)20(23)22(29)27-26-12-15-10-18(24)21(19(25)11-15)32-13-14-5-7-16(8-6-14)28(30)31/h5-8,10-12,17,20H,2-4,9,13H2,1H3,(H,27,29)/b26-12-/t17-,20-,23+/m1/s1. The van der Waals surface area contributed by atoms with Crippen molar-refractivity contribution >= 4 is 49.7 Å². The van der Waals surface area contributed by atoms with Crippen LogP contribution in [-0.4, -0.2) is 17.0 Å². The molecule has 0 bridgehead atoms. The molecule has 168 valence electrons. The fraction of sp³-hybridized carbons (Fsp3) is 0.391. The molecule has 2 saturated carbocycles. The normalized spacial score (nSPS) is 24.1. The predicted molar refractivity (Wildman–Crippen MR) is 129 cm³/mol. The van der Waals surface area contributed by atoms with E-state index in [9.17, 15) is 14.9 Å². The van der Waals surface area contributed by atoms with Gasteiger partial charge in [-0.2, -0.15) is 5.10 Å². The van der Waals surface area contributed by atoms with Crippen LogP contribution >= 0.6 is 31.9 Å². The molecule has 0 saturated heterocycles. The maximum absolute atomic E-state index is 12.5. The van der Waals surface area contributed by atoms with E-state index in [1.54, 1.807) is 18.3 Å². The minimum Gasteiger partial charge on any atom is -0.487 e. The molecule has 0 aliphatic heterocycles. The molecule has 0 radical (unpaired) electrons. The van der Waals surface area contributed by atoms with E-state index >= 15 is 0 Å². The number of carbonyl (C=O) groups is 1. The Kier molecular flexibility index (Phi) is 6.67. The van der Waals surface area contributed by atoms with Crippen molar-refractivity contribution in [3.8, 4) is 5.75 Å². The van der Waals surface area contributed by atoms with Crippen molar-refractivity contribution in [1.82, 2.24) is 5.43 Å². The van der Waals surface area contributed by atoms with Crippen LogP contribution in [0.3, 0.4) is 0 Å². The molecule has 2 aliphatic carbocycles. The van der Waals surface area contributed by atoms with Crippen molar-refractivity contribution in [2.45, 2.75) is 39.2 Å². The Morgan fingerprint density at radius 3 is 2.56 bits per heavy atom. The molecule has 32 heavy (non-hydrogen) atoms. The van der Waals surface area contributed by atoms with Gasteiger partial charge in [0.15, 0.2) is 0 Å². The lowest BCUT2D eigenvalue weighted by atomic mass is 9.90. The number of nitrogens with zero attached hydrogens (tertiary/aromatic N) is 2. The van der Waals surface area contributed by atoms with Crippen LogP contribution in [0.15, 0.2) is 50.4 Å². The molecule has 3 atom stereocenters. The van der Waals surface area contributed by atoms with Crippen LogP contribution in [0.25, 0.3) is 0 Å². The number of nitro benzene ring substituents is 1. The first-order valence-corrected chi connectivity index (χ1v) is 12.1. The van der Waals surface area contributed by atoms with Gasteiger partial charge in [0, 0.05) is 18.1 Å². The van der Waals surface area contributed by atoms with Crippen LogP contribution in [0.1, 0.15) is 43.7 Å². The number of non-ortho nitro benzene ring substituents is 1. The average Bonchev–Trinajstić information content (AvgIpc) is 3.39. The van der Waals surface area contributed by atoms with Gasteiger partial charge in [-0.15, -0.1) is 0 Å². The Hall–Kier alpha value is -2.26. The molecule has 2 aromatic carbocycles. The van der Waals surface area contributed by atoms with Crippen LogP contribution in [-0.2, 0) is 11.4 Å². The van der Waals surface area contributed by atoms with Gasteiger partial charge in [-0.1, -0.05) is 19.8 Å². The number of hydrazone groups is 1. The van der Waals surface area contributed by atoms with E-state index in [0.29, 0.717) is 11.7 Å². The number of carbonyl (C=O) groups excluding carboxylic acids is 1. The largest absolute Gasteiger partial charge is 0.487 e. The maximum atomic E-state index is 12.5. The molecule has 0 heterocycles. The minimum atomic E-state index is -0.432. The van der Waals surface area contributed by atoms with Crippen molar-refractivity contribution < 1.29 is 14.5 Å². The number of benzene rings is 2. The maximum Gasteiger partial charge on any atom is 0.269 e. The highest BCUT2D eigenvalue weighted by Crippen LogP contribution is 2.66. The van der Waals surface area contributed by atoms with Gasteiger partial charge >= 0.3 is 0 Å². The monoisotopic (exact) mass is 563 g/mol. The fourth-order valence-corrected chi connectivity index (χ4v) is 6.20. The third kappa shape index (κ3) is 4.73. The lowest BCUT2D eigenvalue weighted by Crippen LogP contribution is -2.22. The molecule has 2 fully saturated rings. The van der Waals surface area contributed by atoms with Gasteiger partial charge in [0.25, 0.3) is 5.69 Å². The summed E-state index contributed by atoms with van der Waals surface area (Å²) in [5.41, 5.74) is 4.52. The van der Waals surface area contributed by atoms with Gasteiger partial charge in [-0.05, 0) is 91.4 Å². The first kappa shape index (κ1) is 22.9. The zero-order valence-electron chi connectivity index (χ0n) is 17.5. The van der Waals surface area contributed by atoms with E-state index in [1.165, 1.54) is 25.0 Å². The van der Waals surface area contributed by atoms with Crippen molar-refractivity contribution in [2.24, 2.45) is 22.4 Å². The summed E-state index contributed by atoms with van der Waals surface area (Å²) in [5, 5.41) is 14.9. The molecular weight excluding hydrogens is 542 g/mol. The number of amides is 1. The summed E-state index contributed by atoms with van der Waals surface area (Å²) in [6.45, 7) is 2.48. The number of fused-ring (bicyclic) bond motifs is 1. The summed E-state index contributed by atoms with van der Waals surface area (Å²) in [6.07, 6.45) is 6.30. The molecule has 0 spiro atoms. The molecule has 7 nitrogen and oxygen atoms in total. The predicted octanol–water partition coefficient (Wildman–Crippen LogP) is 5.98. The van der Waals surface area contributed by atoms with Gasteiger partial charge in [0.2, 0.25) is 5.91 Å². The summed E-state index contributed by atoms with van der Waals surface area (Å²) in [5.74, 6) is 1.20. The van der Waals surface area contributed by atoms with Gasteiger partial charge < -0.3 is 4.74 Å². The highest BCUT2D eigenvalue weighted by atomic mass is 79.9. The number of rotatable bonds is 7. The van der Waals surface area contributed by atoms with E-state index < -0.39 is 4.92 Å². The van der Waals surface area contributed by atoms with E-state index in [-0.39, 0.29) is 29.5 Å². The molecule has 0 unspecified atom stereocenters. The van der Waals surface area contributed by atoms with Gasteiger partial charge in [0.05, 0.1) is 20.1 Å². The third-order valence-electron chi connectivity index (χ3n) is 6.55. The topological polar surface area (TPSA) is 93.8 Å². The zero-order valence-corrected chi connectivity index (χ0v) is 20.7. The minimum absolute atomic E-state index is 0.0110. The number of nitro groups is 1. The van der Waals surface area contributed by atoms with E-state index in [0.717, 1.165) is 32.9 Å². The van der Waals surface area contributed by atoms with Crippen LogP contribution in [0.4, 0.5) is 5.69 Å². The summed E-state index contributed by atoms with van der Waals surface area (Å²) in [7, 11) is 0. The van der Waals surface area contributed by atoms with Crippen molar-refractivity contribution in [1.29, 1.82) is 0 Å². The second kappa shape index (κ2) is 9.31. The zero-order chi connectivity index (χ0) is 22.9. The molecule has 2 aliphatic rings. The second-order valence-corrected chi connectivity index (χ2v) is 10.3. The van der Waals surface area contributed by atoms with E-state index in [4.69, 9.17) is 4.74 Å². The molecule has 1 amide bonds. The number of hydrogen-bond acceptors (Lipinski definition) is 5. The Labute approximate surface area is 203 Å². The number of nitrogens with one attached hydrogen (secondary N) is 1. The van der Waals surface area contributed by atoms with Gasteiger partial charge in [-0.3, -0.25) is 14.9 Å². The van der Waals surface area contributed by atoms with Crippen LogP contribution in [0.5, 0.6) is 5.75 Å². The fourth-order valence-electron chi connectivity index (χ4n) is 4.75. The second-order valence-electron chi connectivity index (χ2n) is 8.60. The SMILES string of the molecule is C[C@]12CCCC[C@@H]1[C@@H]2C(=O)N/N=C\c1cc(Br)c(OCc2ccc([N+](=O)[O-])cc2)c(Br)c1. The molecule has 4 rings (SSSR count). The Morgan fingerprint density at radius 2 is 1.97 bits per heavy atom. The first-order valence-electron chi connectivity index (χ1n) is 10.5. The number of ether oxygens (including phenoxy) is 1. The molecule has 1 N–H and O–H groups in total. The smallest absolute Gasteiger partial charge is 0.269 e. The summed E-state index contributed by atoms with van der Waals surface area (Å²) < 4.78 is 7.33. The van der Waals surface area contributed by atoms with Gasteiger partial charge in [-0.25, -0.2) is 5.43 Å². The first-order chi connectivity index (χ1) is 15.3. The molecule has 9 heteroatoms. The van der Waals surface area contributed by atoms with E-state index in [1.807, 2.05) is 12.1 Å². The molecule has 2 aromatic rings. The summed E-state index contributed by atoms with van der Waals surface area (Å²) in [4.78, 5) is 22.9. The average molecular weight is 565 g/mol. The number of halogens is 2. The van der Waals surface area contributed by atoms with Crippen LogP contribution in [0, 0.1) is 27.4 Å². The highest BCUT2D eigenvalue weighted by molar-refractivity contribution is 9.11. The van der Waals surface area contributed by atoms with E-state index in [2.05, 4.69) is 49.3 Å². The van der Waals surface area contributed by atoms with Crippen LogP contribution < -0.4 is 10.2 Å². The lowest BCUT2D eigenvalue weighted by molar-refractivity contribution is -0.384. The summed E-state index contributed by atoms with van der Waals surface area (Å²) >= 11 is 7.02. The Bertz CT molecular complexity index is 1050. The van der Waals surface area contributed by atoms with Crippen LogP contribution in [0.2, 0.25) is 0 Å². The Balaban J connectivity index is 1.35. The number of hydrogen-bond donors (Lipinski definition) is 1. The summed E-state index contributed by atoms with van der Waals surface area (Å²) in [6, 6.07) is 9.94. The molecule has 0 aromatic heterocycles. The lowest BCUT2D eigenvalue weighted by Gasteiger charge is -2.15. The quantitative estimate of drug-likeness (QED) is 0.254. The van der Waals surface area contributed by atoms with Crippen molar-refractivity contribution in [3.05, 3.63) is 66.6 Å². The Morgan fingerprint density at radius 1 is 1.28 bits per heavy atom. The highest BCUT2D eigenvalue weighted by Gasteiger charge is 2.64. The van der Waals surface area contributed by atoms with Crippen molar-refractivity contribution in [3.63, 3.8) is 0 Å².